The van der Waals surface area contributed by atoms with Gasteiger partial charge in [0.1, 0.15) is 11.5 Å². The number of nitrogens with zero attached hydrogens (tertiary/aromatic N) is 8. The number of halogens is 4. The average Bonchev–Trinajstić information content (AvgIpc) is 3.43. The topological polar surface area (TPSA) is 106 Å². The lowest BCUT2D eigenvalue weighted by Crippen LogP contribution is -2.33. The van der Waals surface area contributed by atoms with E-state index in [1.54, 1.807) is 36.4 Å². The highest BCUT2D eigenvalue weighted by atomic mass is 35.5. The fraction of sp³-hybridized carbons (Fsp3) is 0.176. The van der Waals surface area contributed by atoms with Crippen molar-refractivity contribution in [2.24, 2.45) is 0 Å². The molecule has 4 aromatic rings. The monoisotopic (exact) mass is 500 g/mol. The van der Waals surface area contributed by atoms with Crippen molar-refractivity contribution in [1.29, 1.82) is 0 Å². The van der Waals surface area contributed by atoms with E-state index < -0.39 is 4.58 Å². The second-order valence-electron chi connectivity index (χ2n) is 5.98. The summed E-state index contributed by atoms with van der Waals surface area (Å²) in [5.74, 6) is 1.03. The number of aromatic nitrogens is 8. The van der Waals surface area contributed by atoms with E-state index in [1.807, 2.05) is 0 Å². The highest BCUT2D eigenvalue weighted by Crippen LogP contribution is 2.41. The Hall–Kier alpha value is -2.66. The first-order valence-electron chi connectivity index (χ1n) is 8.51. The van der Waals surface area contributed by atoms with Gasteiger partial charge >= 0.3 is 4.58 Å². The largest absolute Gasteiger partial charge is 0.494 e. The molecule has 2 aromatic carbocycles. The van der Waals surface area contributed by atoms with E-state index in [1.165, 1.54) is 14.2 Å². The number of rotatable bonds is 6. The van der Waals surface area contributed by atoms with Crippen LogP contribution in [0.4, 0.5) is 0 Å². The maximum atomic E-state index is 6.71. The van der Waals surface area contributed by atoms with E-state index >= 15 is 0 Å². The summed E-state index contributed by atoms with van der Waals surface area (Å²) in [7, 11) is 2.94. The van der Waals surface area contributed by atoms with Crippen LogP contribution in [0.1, 0.15) is 0 Å². The molecule has 31 heavy (non-hydrogen) atoms. The van der Waals surface area contributed by atoms with E-state index in [4.69, 9.17) is 55.9 Å². The second kappa shape index (κ2) is 8.46. The Kier molecular flexibility index (Phi) is 5.89. The summed E-state index contributed by atoms with van der Waals surface area (Å²) < 4.78 is 11.0. The highest BCUT2D eigenvalue weighted by Gasteiger charge is 2.39. The summed E-state index contributed by atoms with van der Waals surface area (Å²) in [6.45, 7) is 0. The van der Waals surface area contributed by atoms with Gasteiger partial charge < -0.3 is 9.47 Å². The molecule has 0 aliphatic rings. The van der Waals surface area contributed by atoms with Gasteiger partial charge in [0.05, 0.1) is 35.4 Å². The van der Waals surface area contributed by atoms with Crippen LogP contribution in [-0.4, -0.2) is 54.6 Å². The molecular weight excluding hydrogens is 490 g/mol. The summed E-state index contributed by atoms with van der Waals surface area (Å²) in [5, 5.41) is 24.0. The molecule has 0 saturated heterocycles. The van der Waals surface area contributed by atoms with Crippen LogP contribution in [0.25, 0.3) is 22.8 Å². The molecule has 0 aliphatic heterocycles. The van der Waals surface area contributed by atoms with E-state index in [-0.39, 0.29) is 11.6 Å². The number of para-hydroxylation sites is 2. The van der Waals surface area contributed by atoms with Gasteiger partial charge in [-0.15, -0.1) is 10.2 Å². The molecule has 0 unspecified atom stereocenters. The van der Waals surface area contributed by atoms with E-state index in [0.717, 1.165) is 9.36 Å². The number of hydrogen-bond acceptors (Lipinski definition) is 8. The summed E-state index contributed by atoms with van der Waals surface area (Å²) in [6, 6.07) is 10.2. The molecule has 0 N–H and O–H groups in total. The fourth-order valence-corrected chi connectivity index (χ4v) is 3.91. The summed E-state index contributed by atoms with van der Waals surface area (Å²) >= 11 is 25.9. The lowest BCUT2D eigenvalue weighted by Gasteiger charge is -2.22. The van der Waals surface area contributed by atoms with Crippen LogP contribution in [0.2, 0.25) is 10.0 Å². The van der Waals surface area contributed by atoms with Gasteiger partial charge in [-0.05, 0) is 68.3 Å². The molecular formula is C17H12Cl4N8O2. The molecule has 0 radical (unpaired) electrons. The van der Waals surface area contributed by atoms with Crippen molar-refractivity contribution < 1.29 is 9.47 Å². The number of tetrazole rings is 2. The van der Waals surface area contributed by atoms with Gasteiger partial charge in [0, 0.05) is 0 Å². The van der Waals surface area contributed by atoms with Crippen molar-refractivity contribution >= 4 is 46.4 Å². The Morgan fingerprint density at radius 3 is 1.55 bits per heavy atom. The lowest BCUT2D eigenvalue weighted by molar-refractivity contribution is 0.401. The molecule has 2 aromatic heterocycles. The molecule has 10 nitrogen and oxygen atoms in total. The Morgan fingerprint density at radius 2 is 1.16 bits per heavy atom. The van der Waals surface area contributed by atoms with Crippen LogP contribution in [-0.2, 0) is 4.58 Å². The molecule has 0 fully saturated rings. The van der Waals surface area contributed by atoms with Crippen LogP contribution in [0.5, 0.6) is 11.5 Å². The third-order valence-corrected chi connectivity index (χ3v) is 5.51. The molecule has 2 heterocycles. The van der Waals surface area contributed by atoms with E-state index in [2.05, 4.69) is 31.1 Å². The van der Waals surface area contributed by atoms with Gasteiger partial charge in [0.25, 0.3) is 0 Å². The van der Waals surface area contributed by atoms with Crippen molar-refractivity contribution in [1.82, 2.24) is 40.4 Å². The molecule has 0 aliphatic carbocycles. The minimum Gasteiger partial charge on any atom is -0.494 e. The summed E-state index contributed by atoms with van der Waals surface area (Å²) in [4.78, 5) is 0. The average molecular weight is 502 g/mol. The van der Waals surface area contributed by atoms with Crippen molar-refractivity contribution in [2.45, 2.75) is 4.58 Å². The first-order chi connectivity index (χ1) is 14.9. The Balaban J connectivity index is 1.88. The van der Waals surface area contributed by atoms with Gasteiger partial charge in [-0.1, -0.05) is 35.3 Å². The molecule has 0 spiro atoms. The highest BCUT2D eigenvalue weighted by molar-refractivity contribution is 6.45. The van der Waals surface area contributed by atoms with Crippen molar-refractivity contribution in [3.05, 3.63) is 46.4 Å². The van der Waals surface area contributed by atoms with Crippen LogP contribution in [0, 0.1) is 0 Å². The van der Waals surface area contributed by atoms with Crippen molar-refractivity contribution in [3.63, 3.8) is 0 Å². The van der Waals surface area contributed by atoms with Crippen molar-refractivity contribution in [3.8, 4) is 34.3 Å². The molecule has 0 amide bonds. The Morgan fingerprint density at radius 1 is 0.742 bits per heavy atom. The zero-order valence-corrected chi connectivity index (χ0v) is 18.9. The minimum atomic E-state index is -1.99. The maximum Gasteiger partial charge on any atom is 0.315 e. The van der Waals surface area contributed by atoms with Crippen LogP contribution < -0.4 is 9.47 Å². The van der Waals surface area contributed by atoms with Crippen LogP contribution in [0.3, 0.4) is 0 Å². The van der Waals surface area contributed by atoms with Crippen LogP contribution >= 0.6 is 46.4 Å². The van der Waals surface area contributed by atoms with Gasteiger partial charge in [0.15, 0.2) is 11.6 Å². The van der Waals surface area contributed by atoms with E-state index in [0.29, 0.717) is 32.7 Å². The second-order valence-corrected chi connectivity index (χ2v) is 8.04. The van der Waals surface area contributed by atoms with Gasteiger partial charge in [0.2, 0.25) is 0 Å². The fourth-order valence-electron chi connectivity index (χ4n) is 2.95. The number of hydrogen-bond donors (Lipinski definition) is 0. The first kappa shape index (κ1) is 21.6. The molecule has 0 bridgehead atoms. The van der Waals surface area contributed by atoms with Crippen molar-refractivity contribution in [2.75, 3.05) is 14.2 Å². The third kappa shape index (κ3) is 3.65. The van der Waals surface area contributed by atoms with Gasteiger partial charge in [-0.2, -0.15) is 9.36 Å². The first-order valence-corrected chi connectivity index (χ1v) is 10.0. The Bertz CT molecular complexity index is 1150. The number of methoxy groups -OCH3 is 2. The Labute approximate surface area is 195 Å². The zero-order chi connectivity index (χ0) is 22.2. The third-order valence-electron chi connectivity index (χ3n) is 4.27. The number of ether oxygens (including phenoxy) is 2. The van der Waals surface area contributed by atoms with E-state index in [9.17, 15) is 0 Å². The number of benzene rings is 2. The molecule has 160 valence electrons. The zero-order valence-electron chi connectivity index (χ0n) is 15.9. The normalized spacial score (nSPS) is 11.5. The predicted molar refractivity (Wildman–Crippen MR) is 115 cm³/mol. The minimum absolute atomic E-state index is 0.170. The summed E-state index contributed by atoms with van der Waals surface area (Å²) in [5.41, 5.74) is 0.918. The SMILES string of the molecule is COc1c(Cl)cccc1-c1nnnn1C(Cl)(Cl)n1nnnc1-c1cccc(Cl)c1OC. The number of alkyl halides is 2. The van der Waals surface area contributed by atoms with Gasteiger partial charge in [-0.3, -0.25) is 0 Å². The van der Waals surface area contributed by atoms with Crippen LogP contribution in [0.15, 0.2) is 36.4 Å². The molecule has 4 rings (SSSR count). The quantitative estimate of drug-likeness (QED) is 0.366. The standard InChI is InChI=1S/C17H12Cl4N8O2/c1-30-13-9(5-3-7-11(13)18)15-22-24-26-28(15)17(20,21)29-16(23-25-27-29)10-6-4-8-12(19)14(10)31-2/h3-8H,1-2H3. The smallest absolute Gasteiger partial charge is 0.315 e. The summed E-state index contributed by atoms with van der Waals surface area (Å²) in [6.07, 6.45) is 0. The maximum absolute atomic E-state index is 6.71. The molecule has 0 saturated carbocycles. The van der Waals surface area contributed by atoms with Gasteiger partial charge in [-0.25, -0.2) is 0 Å². The molecule has 14 heteroatoms. The predicted octanol–water partition coefficient (Wildman–Crippen LogP) is 3.91. The molecule has 0 atom stereocenters. The lowest BCUT2D eigenvalue weighted by atomic mass is 10.2.